The number of hydrogen-bond acceptors (Lipinski definition) is 5. The zero-order valence-electron chi connectivity index (χ0n) is 3.27. The van der Waals surface area contributed by atoms with Crippen molar-refractivity contribution in [3.8, 4) is 0 Å². The molecule has 1 N–H and O–H groups in total. The predicted molar refractivity (Wildman–Crippen MR) is 12.6 cm³/mol. The Morgan fingerprint density at radius 3 is 1.88 bits per heavy atom. The molecule has 6 nitrogen and oxygen atoms in total. The van der Waals surface area contributed by atoms with Crippen molar-refractivity contribution in [3.63, 3.8) is 0 Å². The van der Waals surface area contributed by atoms with Crippen molar-refractivity contribution in [2.24, 2.45) is 0 Å². The fourth-order valence-electron chi connectivity index (χ4n) is 0.0650. The third kappa shape index (κ3) is 6.08. The lowest BCUT2D eigenvalue weighted by Gasteiger charge is -1.86. The van der Waals surface area contributed by atoms with E-state index in [-0.39, 0.29) is 0 Å². The summed E-state index contributed by atoms with van der Waals surface area (Å²) in [5.74, 6) is 0. The van der Waals surface area contributed by atoms with E-state index in [0.29, 0.717) is 0 Å². The quantitative estimate of drug-likeness (QED) is 0.433. The molecule has 0 unspecified atom stereocenters. The predicted octanol–water partition coefficient (Wildman–Crippen LogP) is -3.11. The first kappa shape index (κ1) is 8.08. The van der Waals surface area contributed by atoms with Crippen molar-refractivity contribution in [1.82, 2.24) is 0 Å². The molecule has 0 atom stereocenters. The molecule has 8 heavy (non-hydrogen) atoms. The Morgan fingerprint density at radius 2 is 1.88 bits per heavy atom. The van der Waals surface area contributed by atoms with Gasteiger partial charge in [0.25, 0.3) is 0 Å². The van der Waals surface area contributed by atoms with E-state index in [1.807, 2.05) is 0 Å². The molecule has 0 aromatic heterocycles. The van der Waals surface area contributed by atoms with E-state index < -0.39 is 21.2 Å². The highest BCUT2D eigenvalue weighted by molar-refractivity contribution is 7.80. The smallest absolute Gasteiger partial charge is 0.319 e. The average molecular weight is 165 g/mol. The van der Waals surface area contributed by atoms with Gasteiger partial charge in [-0.2, -0.15) is 8.42 Å². The Hall–Kier alpha value is 0.0800. The van der Waals surface area contributed by atoms with Crippen LogP contribution in [-0.2, 0) is 14.1 Å². The Labute approximate surface area is 48.0 Å². The van der Waals surface area contributed by atoms with Crippen LogP contribution in [0, 0.1) is 10.8 Å². The molecule has 0 aliphatic heterocycles. The highest BCUT2D eigenvalue weighted by Crippen LogP contribution is 1.85. The second-order valence-corrected chi connectivity index (χ2v) is 2.42. The van der Waals surface area contributed by atoms with E-state index in [1.165, 1.54) is 0 Å². The molecule has 0 saturated carbocycles. The summed E-state index contributed by atoms with van der Waals surface area (Å²) in [6, 6.07) is 0. The van der Waals surface area contributed by atoms with Gasteiger partial charge in [0, 0.05) is 0 Å². The lowest BCUT2D eigenvalue weighted by molar-refractivity contribution is -1.62. The molecule has 0 amide bonds. The van der Waals surface area contributed by atoms with E-state index in [2.05, 4.69) is 3.74 Å². The van der Waals surface area contributed by atoms with Crippen molar-refractivity contribution >= 4 is 10.4 Å². The molecular weight excluding hydrogens is 164 g/mol. The summed E-state index contributed by atoms with van der Waals surface area (Å²) in [7, 11) is -7.77. The van der Waals surface area contributed by atoms with E-state index in [4.69, 9.17) is 4.55 Å². The normalized spacial score (nSPS) is 12.5. The van der Waals surface area contributed by atoms with Crippen LogP contribution in [0.3, 0.4) is 0 Å². The van der Waals surface area contributed by atoms with Crippen LogP contribution in [0.2, 0.25) is 0 Å². The van der Waals surface area contributed by atoms with Crippen molar-refractivity contribution in [3.05, 3.63) is 0 Å². The summed E-state index contributed by atoms with van der Waals surface area (Å²) in [6.07, 6.45) is 0. The Bertz CT molecular complexity index is 142. The van der Waals surface area contributed by atoms with Crippen LogP contribution < -0.4 is 9.32 Å². The van der Waals surface area contributed by atoms with Crippen LogP contribution in [0.25, 0.3) is 0 Å². The Kier molecular flexibility index (Phi) is 2.60. The molecule has 0 rings (SSSR count). The minimum Gasteiger partial charge on any atom is -0.319 e. The third-order valence-corrected chi connectivity index (χ3v) is 1.18. The molecule has 0 saturated heterocycles. The lowest BCUT2D eigenvalue weighted by Crippen LogP contribution is -2.35. The Balaban J connectivity index is 3.75. The van der Waals surface area contributed by atoms with Gasteiger partial charge in [0.1, 0.15) is 0 Å². The van der Waals surface area contributed by atoms with Gasteiger partial charge in [0.15, 0.2) is 3.74 Å². The van der Waals surface area contributed by atoms with E-state index in [1.54, 1.807) is 0 Å². The third-order valence-electron chi connectivity index (χ3n) is 0.131. The maximum atomic E-state index is 9.37. The van der Waals surface area contributed by atoms with Gasteiger partial charge >= 0.3 is 21.2 Å². The van der Waals surface area contributed by atoms with Gasteiger partial charge in [-0.25, -0.2) is 0 Å². The van der Waals surface area contributed by atoms with Crippen LogP contribution in [0.4, 0.5) is 0 Å². The summed E-state index contributed by atoms with van der Waals surface area (Å²) in [4.78, 5) is 0. The first-order valence-electron chi connectivity index (χ1n) is 1.15. The van der Waals surface area contributed by atoms with Crippen molar-refractivity contribution < 1.29 is 36.8 Å². The summed E-state index contributed by atoms with van der Waals surface area (Å²) < 4.78 is 47.6. The van der Waals surface area contributed by atoms with E-state index in [9.17, 15) is 17.7 Å². The SMILES string of the molecule is O=S(=O)(O)O[Cl+2]([O-])[O-]. The molecule has 0 radical (unpaired) electrons. The fraction of sp³-hybridized carbons (Fsp3) is 0. The topological polar surface area (TPSA) is 110 Å². The van der Waals surface area contributed by atoms with Crippen LogP contribution >= 0.6 is 0 Å². The molecular formula is HClO6S. The molecule has 0 spiro atoms. The maximum absolute atomic E-state index is 9.37. The van der Waals surface area contributed by atoms with Crippen molar-refractivity contribution in [1.29, 1.82) is 0 Å². The van der Waals surface area contributed by atoms with Gasteiger partial charge in [-0.1, -0.05) is 0 Å². The molecule has 8 heteroatoms. The molecule has 0 aliphatic carbocycles. The van der Waals surface area contributed by atoms with Crippen LogP contribution in [-0.4, -0.2) is 13.0 Å². The molecule has 0 bridgehead atoms. The summed E-state index contributed by atoms with van der Waals surface area (Å²) in [6.45, 7) is 0. The van der Waals surface area contributed by atoms with Crippen LogP contribution in [0.15, 0.2) is 0 Å². The Morgan fingerprint density at radius 1 is 1.50 bits per heavy atom. The zero-order valence-corrected chi connectivity index (χ0v) is 4.85. The standard InChI is InChI=1S/ClHO6S/c2-1(3)7-8(4,5)6/h(H,4,5,6). The van der Waals surface area contributed by atoms with Crippen molar-refractivity contribution in [2.75, 3.05) is 0 Å². The largest absolute Gasteiger partial charge is 0.493 e. The first-order chi connectivity index (χ1) is 3.42. The number of halogens is 1. The highest BCUT2D eigenvalue weighted by atomic mass is 35.6. The van der Waals surface area contributed by atoms with Gasteiger partial charge in [-0.05, 0) is 0 Å². The fourth-order valence-corrected chi connectivity index (χ4v) is 0.585. The van der Waals surface area contributed by atoms with Gasteiger partial charge in [0.05, 0.1) is 0 Å². The van der Waals surface area contributed by atoms with Gasteiger partial charge in [0.2, 0.25) is 0 Å². The molecule has 0 aromatic carbocycles. The minimum absolute atomic E-state index is 2.84. The lowest BCUT2D eigenvalue weighted by atomic mass is 15.8. The van der Waals surface area contributed by atoms with Crippen LogP contribution in [0.1, 0.15) is 0 Å². The number of hydrogen-bond donors (Lipinski definition) is 1. The maximum Gasteiger partial charge on any atom is 0.493 e. The highest BCUT2D eigenvalue weighted by Gasteiger charge is 2.21. The zero-order chi connectivity index (χ0) is 6.78. The monoisotopic (exact) mass is 164 g/mol. The van der Waals surface area contributed by atoms with Gasteiger partial charge in [-0.15, -0.1) is 0 Å². The molecule has 50 valence electrons. The molecule has 0 aliphatic rings. The molecule has 0 heterocycles. The number of rotatable bonds is 2. The van der Waals surface area contributed by atoms with Gasteiger partial charge in [-0.3, -0.25) is 4.55 Å². The second kappa shape index (κ2) is 2.58. The minimum atomic E-state index is -4.85. The molecule has 0 fully saturated rings. The first-order valence-corrected chi connectivity index (χ1v) is 3.44. The summed E-state index contributed by atoms with van der Waals surface area (Å²) in [5.41, 5.74) is 0. The molecule has 0 aromatic rings. The van der Waals surface area contributed by atoms with E-state index in [0.717, 1.165) is 0 Å². The average Bonchev–Trinajstić information content (AvgIpc) is 1.21. The van der Waals surface area contributed by atoms with Gasteiger partial charge < -0.3 is 9.32 Å². The summed E-state index contributed by atoms with van der Waals surface area (Å²) >= 11 is 0. The van der Waals surface area contributed by atoms with E-state index >= 15 is 0 Å². The summed E-state index contributed by atoms with van der Waals surface area (Å²) in [5, 5.41) is 0. The van der Waals surface area contributed by atoms with Crippen LogP contribution in [0.5, 0.6) is 0 Å². The van der Waals surface area contributed by atoms with Crippen molar-refractivity contribution in [2.45, 2.75) is 0 Å². The second-order valence-electron chi connectivity index (χ2n) is 0.680.